The van der Waals surface area contributed by atoms with Crippen molar-refractivity contribution in [2.24, 2.45) is 0 Å². The van der Waals surface area contributed by atoms with E-state index in [0.717, 1.165) is 5.52 Å². The molecule has 0 saturated heterocycles. The molecule has 21 heavy (non-hydrogen) atoms. The van der Waals surface area contributed by atoms with Crippen LogP contribution < -0.4 is 0 Å². The summed E-state index contributed by atoms with van der Waals surface area (Å²) < 4.78 is 1.68. The molecule has 0 aliphatic carbocycles. The van der Waals surface area contributed by atoms with Crippen molar-refractivity contribution in [3.8, 4) is 11.8 Å². The van der Waals surface area contributed by atoms with E-state index in [1.807, 2.05) is 24.3 Å². The van der Waals surface area contributed by atoms with Gasteiger partial charge in [0.25, 0.3) is 5.69 Å². The van der Waals surface area contributed by atoms with Gasteiger partial charge in [-0.05, 0) is 18.2 Å². The predicted octanol–water partition coefficient (Wildman–Crippen LogP) is 3.00. The Hall–Kier alpha value is -3.20. The van der Waals surface area contributed by atoms with E-state index in [1.165, 1.54) is 6.07 Å². The lowest BCUT2D eigenvalue weighted by Crippen LogP contribution is -2.04. The van der Waals surface area contributed by atoms with Gasteiger partial charge in [-0.15, -0.1) is 0 Å². The summed E-state index contributed by atoms with van der Waals surface area (Å²) in [5.41, 5.74) is 1.86. The molecule has 102 valence electrons. The minimum absolute atomic E-state index is 0.0140. The summed E-state index contributed by atoms with van der Waals surface area (Å²) in [4.78, 5) is 15.2. The maximum absolute atomic E-state index is 11.2. The van der Waals surface area contributed by atoms with Crippen LogP contribution in [0.1, 0.15) is 5.82 Å². The molecule has 0 N–H and O–H groups in total. The quantitative estimate of drug-likeness (QED) is 0.544. The first-order chi connectivity index (χ1) is 10.2. The molecule has 6 heteroatoms. The number of rotatable bonds is 3. The largest absolute Gasteiger partial charge is 0.293 e. The van der Waals surface area contributed by atoms with Crippen LogP contribution in [0, 0.1) is 21.4 Å². The van der Waals surface area contributed by atoms with Gasteiger partial charge in [0.2, 0.25) is 0 Å². The van der Waals surface area contributed by atoms with Crippen molar-refractivity contribution in [3.05, 3.63) is 64.5 Å². The molecular weight excluding hydrogens is 268 g/mol. The van der Waals surface area contributed by atoms with Gasteiger partial charge in [0.05, 0.1) is 28.4 Å². The molecule has 1 heterocycles. The summed E-state index contributed by atoms with van der Waals surface area (Å²) in [6.07, 6.45) is 0.0841. The molecule has 0 bridgehead atoms. The summed E-state index contributed by atoms with van der Waals surface area (Å²) in [7, 11) is 0. The fourth-order valence-electron chi connectivity index (χ4n) is 2.34. The standard InChI is InChI=1S/C15H10N4O2/c16-10-9-15-17-11-5-1-2-6-12(11)18(15)13-7-3-4-8-14(13)19(20)21/h1-8H,9H2. The number of imidazole rings is 1. The van der Waals surface area contributed by atoms with Crippen LogP contribution in [-0.4, -0.2) is 14.5 Å². The van der Waals surface area contributed by atoms with Crippen molar-refractivity contribution in [2.75, 3.05) is 0 Å². The molecule has 0 atom stereocenters. The van der Waals surface area contributed by atoms with Gasteiger partial charge in [-0.2, -0.15) is 5.26 Å². The highest BCUT2D eigenvalue weighted by molar-refractivity contribution is 5.79. The summed E-state index contributed by atoms with van der Waals surface area (Å²) in [6, 6.07) is 15.8. The van der Waals surface area contributed by atoms with Gasteiger partial charge in [0.15, 0.2) is 0 Å². The third-order valence-corrected chi connectivity index (χ3v) is 3.19. The summed E-state index contributed by atoms with van der Waals surface area (Å²) in [5.74, 6) is 0.494. The summed E-state index contributed by atoms with van der Waals surface area (Å²) in [5, 5.41) is 20.2. The van der Waals surface area contributed by atoms with E-state index >= 15 is 0 Å². The average molecular weight is 278 g/mol. The lowest BCUT2D eigenvalue weighted by Gasteiger charge is -2.08. The fraction of sp³-hybridized carbons (Fsp3) is 0.0667. The van der Waals surface area contributed by atoms with Crippen molar-refractivity contribution in [1.29, 1.82) is 5.26 Å². The molecule has 0 radical (unpaired) electrons. The SMILES string of the molecule is N#CCc1nc2ccccc2n1-c1ccccc1[N+](=O)[O-]. The van der Waals surface area contributed by atoms with Gasteiger partial charge >= 0.3 is 0 Å². The maximum Gasteiger partial charge on any atom is 0.293 e. The Morgan fingerprint density at radius 1 is 1.19 bits per heavy atom. The van der Waals surface area contributed by atoms with E-state index < -0.39 is 4.92 Å². The van der Waals surface area contributed by atoms with Crippen molar-refractivity contribution in [1.82, 2.24) is 9.55 Å². The van der Waals surface area contributed by atoms with Crippen molar-refractivity contribution in [2.45, 2.75) is 6.42 Å². The average Bonchev–Trinajstić information content (AvgIpc) is 2.85. The number of hydrogen-bond acceptors (Lipinski definition) is 4. The van der Waals surface area contributed by atoms with Crippen LogP contribution in [0.3, 0.4) is 0 Å². The summed E-state index contributed by atoms with van der Waals surface area (Å²) in [6.45, 7) is 0. The molecule has 0 unspecified atom stereocenters. The number of para-hydroxylation sites is 4. The zero-order valence-electron chi connectivity index (χ0n) is 10.9. The van der Waals surface area contributed by atoms with E-state index in [-0.39, 0.29) is 12.1 Å². The number of hydrogen-bond donors (Lipinski definition) is 0. The second-order valence-electron chi connectivity index (χ2n) is 4.43. The van der Waals surface area contributed by atoms with Crippen LogP contribution in [-0.2, 0) is 6.42 Å². The molecule has 3 aromatic rings. The number of nitrogens with zero attached hydrogens (tertiary/aromatic N) is 4. The number of aromatic nitrogens is 2. The Bertz CT molecular complexity index is 877. The fourth-order valence-corrected chi connectivity index (χ4v) is 2.34. The highest BCUT2D eigenvalue weighted by Crippen LogP contribution is 2.28. The minimum atomic E-state index is -0.430. The van der Waals surface area contributed by atoms with Gasteiger partial charge < -0.3 is 0 Å². The van der Waals surface area contributed by atoms with Crippen LogP contribution in [0.5, 0.6) is 0 Å². The zero-order chi connectivity index (χ0) is 14.8. The van der Waals surface area contributed by atoms with Crippen LogP contribution in [0.25, 0.3) is 16.7 Å². The molecule has 1 aromatic heterocycles. The molecular formula is C15H10N4O2. The van der Waals surface area contributed by atoms with E-state index in [0.29, 0.717) is 17.0 Å². The third-order valence-electron chi connectivity index (χ3n) is 3.19. The lowest BCUT2D eigenvalue weighted by molar-refractivity contribution is -0.384. The molecule has 0 spiro atoms. The number of nitriles is 1. The van der Waals surface area contributed by atoms with Gasteiger partial charge in [-0.3, -0.25) is 14.7 Å². The molecule has 0 saturated carbocycles. The molecule has 0 aliphatic heterocycles. The van der Waals surface area contributed by atoms with Crippen LogP contribution in [0.4, 0.5) is 5.69 Å². The second-order valence-corrected chi connectivity index (χ2v) is 4.43. The molecule has 0 fully saturated rings. The first-order valence-corrected chi connectivity index (χ1v) is 6.29. The van der Waals surface area contributed by atoms with E-state index in [4.69, 9.17) is 5.26 Å². The van der Waals surface area contributed by atoms with E-state index in [9.17, 15) is 10.1 Å². The number of nitro groups is 1. The number of benzene rings is 2. The number of nitro benzene ring substituents is 1. The number of fused-ring (bicyclic) bond motifs is 1. The van der Waals surface area contributed by atoms with Gasteiger partial charge in [-0.1, -0.05) is 24.3 Å². The first-order valence-electron chi connectivity index (χ1n) is 6.29. The molecule has 2 aromatic carbocycles. The summed E-state index contributed by atoms with van der Waals surface area (Å²) >= 11 is 0. The normalized spacial score (nSPS) is 10.4. The monoisotopic (exact) mass is 278 g/mol. The first kappa shape index (κ1) is 12.8. The van der Waals surface area contributed by atoms with Gasteiger partial charge in [-0.25, -0.2) is 4.98 Å². The smallest absolute Gasteiger partial charge is 0.289 e. The van der Waals surface area contributed by atoms with Crippen LogP contribution in [0.15, 0.2) is 48.5 Å². The Morgan fingerprint density at radius 2 is 1.90 bits per heavy atom. The minimum Gasteiger partial charge on any atom is -0.289 e. The Kier molecular flexibility index (Phi) is 3.09. The predicted molar refractivity (Wildman–Crippen MR) is 77.0 cm³/mol. The lowest BCUT2D eigenvalue weighted by atomic mass is 10.2. The maximum atomic E-state index is 11.2. The molecule has 0 aliphatic rings. The van der Waals surface area contributed by atoms with E-state index in [2.05, 4.69) is 11.1 Å². The Balaban J connectivity index is 2.37. The van der Waals surface area contributed by atoms with Crippen molar-refractivity contribution in [3.63, 3.8) is 0 Å². The highest BCUT2D eigenvalue weighted by atomic mass is 16.6. The Morgan fingerprint density at radius 3 is 2.67 bits per heavy atom. The van der Waals surface area contributed by atoms with Gasteiger partial charge in [0, 0.05) is 6.07 Å². The molecule has 0 amide bonds. The van der Waals surface area contributed by atoms with Crippen LogP contribution >= 0.6 is 0 Å². The zero-order valence-corrected chi connectivity index (χ0v) is 10.9. The topological polar surface area (TPSA) is 84.8 Å². The second kappa shape index (κ2) is 5.06. The van der Waals surface area contributed by atoms with E-state index in [1.54, 1.807) is 22.8 Å². The molecule has 6 nitrogen and oxygen atoms in total. The Labute approximate surface area is 120 Å². The third kappa shape index (κ3) is 2.11. The van der Waals surface area contributed by atoms with Crippen LogP contribution in [0.2, 0.25) is 0 Å². The highest BCUT2D eigenvalue weighted by Gasteiger charge is 2.19. The molecule has 3 rings (SSSR count). The van der Waals surface area contributed by atoms with Crippen molar-refractivity contribution < 1.29 is 4.92 Å². The van der Waals surface area contributed by atoms with Gasteiger partial charge in [0.1, 0.15) is 11.5 Å². The van der Waals surface area contributed by atoms with Crippen molar-refractivity contribution >= 4 is 16.7 Å².